The number of sulfonamides is 1. The smallest absolute Gasteiger partial charge is 0.279 e. The van der Waals surface area contributed by atoms with E-state index in [0.29, 0.717) is 17.9 Å². The summed E-state index contributed by atoms with van der Waals surface area (Å²) in [6, 6.07) is 19.4. The first-order valence-electron chi connectivity index (χ1n) is 8.33. The number of aryl methyl sites for hydroxylation is 1. The number of hydrazone groups is 1. The van der Waals surface area contributed by atoms with Gasteiger partial charge < -0.3 is 4.42 Å². The molecule has 0 fully saturated rings. The van der Waals surface area contributed by atoms with E-state index in [1.54, 1.807) is 48.7 Å². The summed E-state index contributed by atoms with van der Waals surface area (Å²) in [4.78, 5) is 0.224. The third kappa shape index (κ3) is 2.93. The van der Waals surface area contributed by atoms with Crippen molar-refractivity contribution in [2.75, 3.05) is 0 Å². The maximum absolute atomic E-state index is 13.2. The molecule has 0 N–H and O–H groups in total. The monoisotopic (exact) mass is 366 g/mol. The highest BCUT2D eigenvalue weighted by Crippen LogP contribution is 2.37. The van der Waals surface area contributed by atoms with Crippen LogP contribution in [0.25, 0.3) is 0 Å². The molecule has 2 aromatic carbocycles. The van der Waals surface area contributed by atoms with Crippen molar-refractivity contribution in [3.8, 4) is 0 Å². The van der Waals surface area contributed by atoms with Gasteiger partial charge in [0, 0.05) is 6.42 Å². The molecule has 4 rings (SSSR count). The first kappa shape index (κ1) is 16.6. The summed E-state index contributed by atoms with van der Waals surface area (Å²) >= 11 is 0. The summed E-state index contributed by atoms with van der Waals surface area (Å²) in [5, 5.41) is 4.43. The highest BCUT2D eigenvalue weighted by Gasteiger charge is 2.38. The molecule has 0 amide bonds. The molecule has 6 heteroatoms. The van der Waals surface area contributed by atoms with Crippen molar-refractivity contribution in [2.45, 2.75) is 24.3 Å². The lowest BCUT2D eigenvalue weighted by atomic mass is 10.0. The van der Waals surface area contributed by atoms with Crippen molar-refractivity contribution in [1.82, 2.24) is 4.41 Å². The maximum Gasteiger partial charge on any atom is 0.279 e. The van der Waals surface area contributed by atoms with Gasteiger partial charge in [0.15, 0.2) is 0 Å². The molecule has 0 unspecified atom stereocenters. The average Bonchev–Trinajstić information content (AvgIpc) is 3.33. The standard InChI is InChI=1S/C20H18N2O3S/c1-15-9-11-16(12-10-15)19-14-18(20-8-5-13-25-20)21-22(19)26(23,24)17-6-3-2-4-7-17/h2-13,19H,14H2,1H3/t19-/m1/s1. The van der Waals surface area contributed by atoms with Gasteiger partial charge in [-0.25, -0.2) is 0 Å². The zero-order chi connectivity index (χ0) is 18.1. The second-order valence-corrected chi connectivity index (χ2v) is 8.04. The molecule has 1 atom stereocenters. The van der Waals surface area contributed by atoms with Crippen molar-refractivity contribution in [3.05, 3.63) is 89.9 Å². The highest BCUT2D eigenvalue weighted by atomic mass is 32.2. The zero-order valence-corrected chi connectivity index (χ0v) is 15.1. The molecule has 1 aliphatic rings. The third-order valence-corrected chi connectivity index (χ3v) is 6.12. The van der Waals surface area contributed by atoms with Crippen LogP contribution in [-0.2, 0) is 10.0 Å². The third-order valence-electron chi connectivity index (χ3n) is 4.43. The van der Waals surface area contributed by atoms with Gasteiger partial charge in [0.1, 0.15) is 11.5 Å². The molecule has 5 nitrogen and oxygen atoms in total. The number of hydrogen-bond acceptors (Lipinski definition) is 4. The molecule has 26 heavy (non-hydrogen) atoms. The molecule has 1 aliphatic heterocycles. The average molecular weight is 366 g/mol. The van der Waals surface area contributed by atoms with Gasteiger partial charge in [-0.05, 0) is 36.8 Å². The van der Waals surface area contributed by atoms with E-state index < -0.39 is 16.1 Å². The van der Waals surface area contributed by atoms with E-state index in [1.165, 1.54) is 4.41 Å². The summed E-state index contributed by atoms with van der Waals surface area (Å²) in [6.45, 7) is 2.00. The molecule has 0 bridgehead atoms. The van der Waals surface area contributed by atoms with Crippen LogP contribution in [0.1, 0.15) is 29.3 Å². The van der Waals surface area contributed by atoms with Gasteiger partial charge in [-0.15, -0.1) is 0 Å². The Kier molecular flexibility index (Phi) is 4.12. The lowest BCUT2D eigenvalue weighted by Gasteiger charge is -2.23. The van der Waals surface area contributed by atoms with Gasteiger partial charge >= 0.3 is 0 Å². The Morgan fingerprint density at radius 1 is 1.00 bits per heavy atom. The molecule has 0 radical (unpaired) electrons. The van der Waals surface area contributed by atoms with Gasteiger partial charge in [0.05, 0.1) is 17.2 Å². The Hall–Kier alpha value is -2.86. The molecular formula is C20H18N2O3S. The van der Waals surface area contributed by atoms with E-state index in [9.17, 15) is 8.42 Å². The first-order chi connectivity index (χ1) is 12.6. The van der Waals surface area contributed by atoms with Crippen LogP contribution in [0.4, 0.5) is 0 Å². The van der Waals surface area contributed by atoms with Gasteiger partial charge in [-0.2, -0.15) is 17.9 Å². The van der Waals surface area contributed by atoms with E-state index >= 15 is 0 Å². The molecule has 0 saturated heterocycles. The predicted molar refractivity (Wildman–Crippen MR) is 99.2 cm³/mol. The number of benzene rings is 2. The normalized spacial score (nSPS) is 17.3. The summed E-state index contributed by atoms with van der Waals surface area (Å²) in [5.41, 5.74) is 2.65. The van der Waals surface area contributed by atoms with Crippen LogP contribution < -0.4 is 0 Å². The molecule has 0 spiro atoms. The Labute approximate surface area is 152 Å². The lowest BCUT2D eigenvalue weighted by molar-refractivity contribution is 0.371. The molecular weight excluding hydrogens is 348 g/mol. The van der Waals surface area contributed by atoms with E-state index in [1.807, 2.05) is 31.2 Å². The Balaban J connectivity index is 1.79. The largest absolute Gasteiger partial charge is 0.463 e. The molecule has 1 aromatic heterocycles. The Bertz CT molecular complexity index is 1020. The lowest BCUT2D eigenvalue weighted by Crippen LogP contribution is -2.27. The van der Waals surface area contributed by atoms with Crippen LogP contribution in [0.3, 0.4) is 0 Å². The minimum absolute atomic E-state index is 0.224. The van der Waals surface area contributed by atoms with Crippen LogP contribution in [0, 0.1) is 6.92 Å². The van der Waals surface area contributed by atoms with Crippen LogP contribution in [-0.4, -0.2) is 18.5 Å². The fourth-order valence-corrected chi connectivity index (χ4v) is 4.49. The van der Waals surface area contributed by atoms with Gasteiger partial charge in [0.25, 0.3) is 10.0 Å². The van der Waals surface area contributed by atoms with Crippen LogP contribution >= 0.6 is 0 Å². The van der Waals surface area contributed by atoms with E-state index in [2.05, 4.69) is 5.10 Å². The van der Waals surface area contributed by atoms with E-state index in [0.717, 1.165) is 11.1 Å². The van der Waals surface area contributed by atoms with Crippen LogP contribution in [0.2, 0.25) is 0 Å². The highest BCUT2D eigenvalue weighted by molar-refractivity contribution is 7.89. The predicted octanol–water partition coefficient (Wildman–Crippen LogP) is 4.13. The molecule has 3 aromatic rings. The van der Waals surface area contributed by atoms with Gasteiger partial charge in [-0.3, -0.25) is 0 Å². The van der Waals surface area contributed by atoms with Crippen molar-refractivity contribution in [3.63, 3.8) is 0 Å². The van der Waals surface area contributed by atoms with Crippen LogP contribution in [0.5, 0.6) is 0 Å². The van der Waals surface area contributed by atoms with Crippen molar-refractivity contribution < 1.29 is 12.8 Å². The fraction of sp³-hybridized carbons (Fsp3) is 0.150. The van der Waals surface area contributed by atoms with Gasteiger partial charge in [-0.1, -0.05) is 48.0 Å². The van der Waals surface area contributed by atoms with Crippen molar-refractivity contribution in [1.29, 1.82) is 0 Å². The van der Waals surface area contributed by atoms with E-state index in [4.69, 9.17) is 4.42 Å². The van der Waals surface area contributed by atoms with Crippen LogP contribution in [0.15, 0.2) is 87.4 Å². The van der Waals surface area contributed by atoms with E-state index in [-0.39, 0.29) is 4.90 Å². The SMILES string of the molecule is Cc1ccc([C@H]2CC(c3ccco3)=NN2S(=O)(=O)c2ccccc2)cc1. The van der Waals surface area contributed by atoms with Crippen molar-refractivity contribution in [2.24, 2.45) is 5.10 Å². The quantitative estimate of drug-likeness (QED) is 0.697. The summed E-state index contributed by atoms with van der Waals surface area (Å²) in [6.07, 6.45) is 2.02. The molecule has 2 heterocycles. The number of nitrogens with zero attached hydrogens (tertiary/aromatic N) is 2. The summed E-state index contributed by atoms with van der Waals surface area (Å²) < 4.78 is 33.0. The number of hydrogen-bond donors (Lipinski definition) is 0. The van der Waals surface area contributed by atoms with Gasteiger partial charge in [0.2, 0.25) is 0 Å². The minimum Gasteiger partial charge on any atom is -0.463 e. The molecule has 0 aliphatic carbocycles. The maximum atomic E-state index is 13.2. The molecule has 0 saturated carbocycles. The van der Waals surface area contributed by atoms with Crippen molar-refractivity contribution >= 4 is 15.7 Å². The minimum atomic E-state index is -3.77. The summed E-state index contributed by atoms with van der Waals surface area (Å²) in [5.74, 6) is 0.591. The summed E-state index contributed by atoms with van der Waals surface area (Å²) in [7, 11) is -3.77. The number of furan rings is 1. The second-order valence-electron chi connectivity index (χ2n) is 6.25. The fourth-order valence-electron chi connectivity index (χ4n) is 3.04. The Morgan fingerprint density at radius 3 is 2.38 bits per heavy atom. The molecule has 132 valence electrons. The first-order valence-corrected chi connectivity index (χ1v) is 9.77. The second kappa shape index (κ2) is 6.46. The zero-order valence-electron chi connectivity index (χ0n) is 14.2. The number of rotatable bonds is 4. The topological polar surface area (TPSA) is 62.9 Å². The Morgan fingerprint density at radius 2 is 1.73 bits per heavy atom.